The molecule has 3 nitrogen and oxygen atoms in total. The topological polar surface area (TPSA) is 46.3 Å². The third-order valence-corrected chi connectivity index (χ3v) is 3.90. The van der Waals surface area contributed by atoms with Gasteiger partial charge >= 0.3 is 0 Å². The summed E-state index contributed by atoms with van der Waals surface area (Å²) in [6, 6.07) is 0.312. The summed E-state index contributed by atoms with van der Waals surface area (Å²) in [7, 11) is 0. The first kappa shape index (κ1) is 13.8. The lowest BCUT2D eigenvalue weighted by Crippen LogP contribution is -2.49. The molecule has 2 N–H and O–H groups in total. The van der Waals surface area contributed by atoms with Crippen molar-refractivity contribution < 1.29 is 4.79 Å². The van der Waals surface area contributed by atoms with Crippen LogP contribution in [-0.2, 0) is 4.79 Å². The van der Waals surface area contributed by atoms with E-state index in [1.807, 2.05) is 4.90 Å². The number of hydrogen-bond acceptors (Lipinski definition) is 2. The molecule has 2 fully saturated rings. The molecule has 2 aliphatic rings. The minimum atomic E-state index is 0. The van der Waals surface area contributed by atoms with Gasteiger partial charge in [0.15, 0.2) is 0 Å². The highest BCUT2D eigenvalue weighted by molar-refractivity contribution is 5.85. The molecular weight excluding hydrogens is 224 g/mol. The summed E-state index contributed by atoms with van der Waals surface area (Å²) in [5.74, 6) is 1.25. The van der Waals surface area contributed by atoms with E-state index in [4.69, 9.17) is 5.73 Å². The van der Waals surface area contributed by atoms with Gasteiger partial charge in [-0.15, -0.1) is 12.4 Å². The molecular formula is C12H23ClN2O. The van der Waals surface area contributed by atoms with Gasteiger partial charge in [0.1, 0.15) is 0 Å². The normalized spacial score (nSPS) is 27.1. The minimum Gasteiger partial charge on any atom is -0.338 e. The maximum absolute atomic E-state index is 12.2. The van der Waals surface area contributed by atoms with Crippen LogP contribution in [0, 0.1) is 11.8 Å². The molecule has 16 heavy (non-hydrogen) atoms. The van der Waals surface area contributed by atoms with Crippen LogP contribution in [0.25, 0.3) is 0 Å². The minimum absolute atomic E-state index is 0. The van der Waals surface area contributed by atoms with Gasteiger partial charge in [-0.3, -0.25) is 4.79 Å². The van der Waals surface area contributed by atoms with Crippen LogP contribution in [0.1, 0.15) is 39.0 Å². The number of rotatable bonds is 3. The molecule has 0 aromatic rings. The molecule has 4 heteroatoms. The summed E-state index contributed by atoms with van der Waals surface area (Å²) >= 11 is 0. The van der Waals surface area contributed by atoms with Gasteiger partial charge in [0, 0.05) is 25.0 Å². The summed E-state index contributed by atoms with van der Waals surface area (Å²) < 4.78 is 0. The fraction of sp³-hybridized carbons (Fsp3) is 0.917. The van der Waals surface area contributed by atoms with Crippen molar-refractivity contribution >= 4 is 18.3 Å². The zero-order chi connectivity index (χ0) is 10.8. The fourth-order valence-corrected chi connectivity index (χ4v) is 2.60. The van der Waals surface area contributed by atoms with Crippen molar-refractivity contribution in [3.05, 3.63) is 0 Å². The zero-order valence-corrected chi connectivity index (χ0v) is 10.8. The Kier molecular flexibility index (Phi) is 5.06. The van der Waals surface area contributed by atoms with Crippen LogP contribution in [0.15, 0.2) is 0 Å². The van der Waals surface area contributed by atoms with Gasteiger partial charge in [0.05, 0.1) is 0 Å². The summed E-state index contributed by atoms with van der Waals surface area (Å²) in [5.41, 5.74) is 5.73. The average molecular weight is 247 g/mol. The quantitative estimate of drug-likeness (QED) is 0.826. The van der Waals surface area contributed by atoms with Gasteiger partial charge in [-0.2, -0.15) is 0 Å². The molecule has 2 rings (SSSR count). The Morgan fingerprint density at radius 3 is 2.62 bits per heavy atom. The first-order chi connectivity index (χ1) is 7.24. The highest BCUT2D eigenvalue weighted by Gasteiger charge is 2.37. The van der Waals surface area contributed by atoms with E-state index in [1.165, 1.54) is 19.3 Å². The molecule has 1 heterocycles. The number of hydrogen-bond donors (Lipinski definition) is 1. The van der Waals surface area contributed by atoms with Crippen molar-refractivity contribution in [2.45, 2.75) is 45.1 Å². The van der Waals surface area contributed by atoms with Gasteiger partial charge in [0.25, 0.3) is 0 Å². The number of carbonyl (C=O) groups is 1. The molecule has 1 amide bonds. The Balaban J connectivity index is 0.00000128. The van der Waals surface area contributed by atoms with Gasteiger partial charge in [-0.1, -0.05) is 6.92 Å². The number of amides is 1. The van der Waals surface area contributed by atoms with Crippen LogP contribution in [-0.4, -0.2) is 29.9 Å². The number of piperidine rings is 1. The van der Waals surface area contributed by atoms with Crippen molar-refractivity contribution in [2.75, 3.05) is 13.1 Å². The van der Waals surface area contributed by atoms with Crippen molar-refractivity contribution in [2.24, 2.45) is 17.6 Å². The molecule has 0 radical (unpaired) electrons. The number of carbonyl (C=O) groups excluding carboxylic acids is 1. The van der Waals surface area contributed by atoms with Crippen LogP contribution in [0.4, 0.5) is 0 Å². The maximum atomic E-state index is 12.2. The van der Waals surface area contributed by atoms with Gasteiger partial charge in [-0.05, 0) is 38.0 Å². The molecule has 2 unspecified atom stereocenters. The number of nitrogens with two attached hydrogens (primary N) is 1. The standard InChI is InChI=1S/C12H22N2O.ClH/c1-9(10-5-6-10)12(15)14-7-3-2-4-11(14)8-13;/h9-11H,2-8,13H2,1H3;1H. The SMILES string of the molecule is CC(C(=O)N1CCCCC1CN)C1CC1.Cl. The summed E-state index contributed by atoms with van der Waals surface area (Å²) in [6.07, 6.45) is 5.96. The van der Waals surface area contributed by atoms with Crippen LogP contribution < -0.4 is 5.73 Å². The highest BCUT2D eigenvalue weighted by Crippen LogP contribution is 2.38. The molecule has 0 bridgehead atoms. The Bertz CT molecular complexity index is 243. The van der Waals surface area contributed by atoms with E-state index in [-0.39, 0.29) is 18.3 Å². The van der Waals surface area contributed by atoms with Gasteiger partial charge in [0.2, 0.25) is 5.91 Å². The first-order valence-corrected chi connectivity index (χ1v) is 6.24. The Morgan fingerprint density at radius 2 is 2.06 bits per heavy atom. The second-order valence-electron chi connectivity index (χ2n) is 5.04. The predicted molar refractivity (Wildman–Crippen MR) is 67.5 cm³/mol. The number of likely N-dealkylation sites (tertiary alicyclic amines) is 1. The van der Waals surface area contributed by atoms with Crippen molar-refractivity contribution in [3.63, 3.8) is 0 Å². The van der Waals surface area contributed by atoms with Crippen LogP contribution in [0.5, 0.6) is 0 Å². The second-order valence-corrected chi connectivity index (χ2v) is 5.04. The lowest BCUT2D eigenvalue weighted by molar-refractivity contribution is -0.139. The molecule has 0 spiro atoms. The molecule has 0 aromatic carbocycles. The van der Waals surface area contributed by atoms with Gasteiger partial charge in [-0.25, -0.2) is 0 Å². The average Bonchev–Trinajstić information content (AvgIpc) is 3.11. The molecule has 0 aromatic heterocycles. The van der Waals surface area contributed by atoms with Crippen molar-refractivity contribution in [3.8, 4) is 0 Å². The van der Waals surface area contributed by atoms with E-state index >= 15 is 0 Å². The monoisotopic (exact) mass is 246 g/mol. The van der Waals surface area contributed by atoms with E-state index in [2.05, 4.69) is 6.92 Å². The van der Waals surface area contributed by atoms with Crippen LogP contribution in [0.2, 0.25) is 0 Å². The summed E-state index contributed by atoms with van der Waals surface area (Å²) in [6.45, 7) is 3.64. The molecule has 2 atom stereocenters. The maximum Gasteiger partial charge on any atom is 0.225 e. The first-order valence-electron chi connectivity index (χ1n) is 6.24. The number of nitrogens with zero attached hydrogens (tertiary/aromatic N) is 1. The molecule has 1 saturated heterocycles. The zero-order valence-electron chi connectivity index (χ0n) is 10.0. The molecule has 94 valence electrons. The highest BCUT2D eigenvalue weighted by atomic mass is 35.5. The van der Waals surface area contributed by atoms with E-state index in [1.54, 1.807) is 0 Å². The predicted octanol–water partition coefficient (Wildman–Crippen LogP) is 1.79. The van der Waals surface area contributed by atoms with E-state index in [0.717, 1.165) is 19.4 Å². The second kappa shape index (κ2) is 5.87. The molecule has 1 aliphatic carbocycles. The Hall–Kier alpha value is -0.280. The third kappa shape index (κ3) is 2.89. The summed E-state index contributed by atoms with van der Waals surface area (Å²) in [4.78, 5) is 14.3. The van der Waals surface area contributed by atoms with Crippen LogP contribution >= 0.6 is 12.4 Å². The lowest BCUT2D eigenvalue weighted by Gasteiger charge is -2.36. The van der Waals surface area contributed by atoms with Gasteiger partial charge < -0.3 is 10.6 Å². The van der Waals surface area contributed by atoms with E-state index < -0.39 is 0 Å². The number of halogens is 1. The van der Waals surface area contributed by atoms with E-state index in [0.29, 0.717) is 24.4 Å². The summed E-state index contributed by atoms with van der Waals surface area (Å²) in [5, 5.41) is 0. The van der Waals surface area contributed by atoms with Crippen LogP contribution in [0.3, 0.4) is 0 Å². The molecule has 1 aliphatic heterocycles. The van der Waals surface area contributed by atoms with Crippen molar-refractivity contribution in [1.29, 1.82) is 0 Å². The smallest absolute Gasteiger partial charge is 0.225 e. The third-order valence-electron chi connectivity index (χ3n) is 3.90. The largest absolute Gasteiger partial charge is 0.338 e. The Labute approximate surface area is 104 Å². The van der Waals surface area contributed by atoms with Crippen molar-refractivity contribution in [1.82, 2.24) is 4.90 Å². The molecule has 1 saturated carbocycles. The Morgan fingerprint density at radius 1 is 1.38 bits per heavy atom. The fourth-order valence-electron chi connectivity index (χ4n) is 2.60. The lowest BCUT2D eigenvalue weighted by atomic mass is 9.98. The van der Waals surface area contributed by atoms with E-state index in [9.17, 15) is 4.79 Å².